The summed E-state index contributed by atoms with van der Waals surface area (Å²) >= 11 is 0. The molecule has 0 bridgehead atoms. The van der Waals surface area contributed by atoms with E-state index in [1.54, 1.807) is 24.3 Å². The summed E-state index contributed by atoms with van der Waals surface area (Å²) in [6.07, 6.45) is -5.51. The summed E-state index contributed by atoms with van der Waals surface area (Å²) in [5, 5.41) is 10.9. The number of nitrogens with zero attached hydrogens (tertiary/aromatic N) is 3. The highest BCUT2D eigenvalue weighted by Crippen LogP contribution is 2.30. The lowest BCUT2D eigenvalue weighted by Crippen LogP contribution is -2.19. The molecule has 1 heterocycles. The zero-order chi connectivity index (χ0) is 18.9. The minimum absolute atomic E-state index is 0.276. The van der Waals surface area contributed by atoms with Crippen LogP contribution in [-0.4, -0.2) is 15.0 Å². The van der Waals surface area contributed by atoms with Crippen molar-refractivity contribution in [1.29, 1.82) is 0 Å². The zero-order valence-electron chi connectivity index (χ0n) is 14.9. The predicted octanol–water partition coefficient (Wildman–Crippen LogP) is 4.47. The normalized spacial score (nSPS) is 15.7. The molecule has 1 atom stereocenters. The van der Waals surface area contributed by atoms with Crippen LogP contribution in [-0.2, 0) is 6.18 Å². The van der Waals surface area contributed by atoms with Gasteiger partial charge >= 0.3 is 6.18 Å². The molecule has 0 radical (unpaired) electrons. The van der Waals surface area contributed by atoms with Gasteiger partial charge in [0.2, 0.25) is 0 Å². The summed E-state index contributed by atoms with van der Waals surface area (Å²) in [6, 6.07) is 11.4. The molecule has 0 spiro atoms. The van der Waals surface area contributed by atoms with Crippen molar-refractivity contribution in [2.45, 2.75) is 25.6 Å². The van der Waals surface area contributed by atoms with E-state index in [1.165, 1.54) is 16.8 Å². The van der Waals surface area contributed by atoms with Gasteiger partial charge in [-0.1, -0.05) is 24.2 Å². The first-order chi connectivity index (χ1) is 12.1. The summed E-state index contributed by atoms with van der Waals surface area (Å²) in [6.45, 7) is -2.27. The van der Waals surface area contributed by atoms with Gasteiger partial charge in [-0.3, -0.25) is 0 Å². The van der Waals surface area contributed by atoms with Crippen molar-refractivity contribution in [3.8, 4) is 0 Å². The Morgan fingerprint density at radius 3 is 2.61 bits per heavy atom. The van der Waals surface area contributed by atoms with E-state index in [1.807, 2.05) is 0 Å². The van der Waals surface area contributed by atoms with Crippen molar-refractivity contribution in [2.24, 2.45) is 0 Å². The molecular weight excluding hydrogens is 305 g/mol. The Bertz CT molecular complexity index is 888. The smallest absolute Gasteiger partial charge is 0.364 e. The Kier molecular flexibility index (Phi) is 3.06. The highest BCUT2D eigenvalue weighted by atomic mass is 19.4. The summed E-state index contributed by atoms with van der Waals surface area (Å²) in [5.41, 5.74) is 0.798. The standard InChI is InChI=1S/C16H15F3N4/c1-2-15(23-14-6-4-3-5-13(14)21-22-23)20-12-9-7-11(8-10-12)16(17,18)19/h3-10,15,20H,2H2,1H3/i1D3. The van der Waals surface area contributed by atoms with Crippen molar-refractivity contribution >= 4 is 16.7 Å². The first kappa shape index (κ1) is 11.9. The van der Waals surface area contributed by atoms with E-state index in [0.717, 1.165) is 12.1 Å². The van der Waals surface area contributed by atoms with Crippen LogP contribution in [0, 0.1) is 0 Å². The van der Waals surface area contributed by atoms with Crippen molar-refractivity contribution < 1.29 is 17.3 Å². The molecule has 0 saturated heterocycles. The highest BCUT2D eigenvalue weighted by molar-refractivity contribution is 5.74. The minimum Gasteiger partial charge on any atom is -0.364 e. The second kappa shape index (κ2) is 5.91. The van der Waals surface area contributed by atoms with Crippen molar-refractivity contribution in [1.82, 2.24) is 15.0 Å². The Morgan fingerprint density at radius 2 is 1.91 bits per heavy atom. The number of hydrogen-bond acceptors (Lipinski definition) is 3. The van der Waals surface area contributed by atoms with Gasteiger partial charge in [-0.25, -0.2) is 4.68 Å². The second-order valence-corrected chi connectivity index (χ2v) is 4.96. The molecule has 4 nitrogen and oxygen atoms in total. The molecule has 0 aliphatic carbocycles. The monoisotopic (exact) mass is 323 g/mol. The van der Waals surface area contributed by atoms with Crippen LogP contribution < -0.4 is 5.32 Å². The molecule has 23 heavy (non-hydrogen) atoms. The SMILES string of the molecule is [2H]C([2H])([2H])CC(Nc1ccc(C(F)(F)F)cc1)n1nnc2ccccc21. The van der Waals surface area contributed by atoms with Gasteiger partial charge in [-0.2, -0.15) is 13.2 Å². The Labute approximate surface area is 135 Å². The molecule has 0 aliphatic rings. The number of alkyl halides is 3. The fourth-order valence-electron chi connectivity index (χ4n) is 2.26. The van der Waals surface area contributed by atoms with Crippen LogP contribution in [0.3, 0.4) is 0 Å². The topological polar surface area (TPSA) is 42.7 Å². The number of rotatable bonds is 4. The van der Waals surface area contributed by atoms with Gasteiger partial charge in [0.05, 0.1) is 11.1 Å². The quantitative estimate of drug-likeness (QED) is 0.770. The van der Waals surface area contributed by atoms with Crippen LogP contribution in [0.15, 0.2) is 48.5 Å². The average molecular weight is 323 g/mol. The Balaban J connectivity index is 1.92. The molecule has 0 fully saturated rings. The zero-order valence-corrected chi connectivity index (χ0v) is 11.9. The fraction of sp³-hybridized carbons (Fsp3) is 0.250. The number of nitrogens with one attached hydrogen (secondary N) is 1. The van der Waals surface area contributed by atoms with Crippen LogP contribution in [0.4, 0.5) is 18.9 Å². The molecule has 1 unspecified atom stereocenters. The lowest BCUT2D eigenvalue weighted by molar-refractivity contribution is -0.137. The largest absolute Gasteiger partial charge is 0.416 e. The molecule has 1 N–H and O–H groups in total. The molecule has 0 amide bonds. The highest BCUT2D eigenvalue weighted by Gasteiger charge is 2.30. The second-order valence-electron chi connectivity index (χ2n) is 4.96. The maximum absolute atomic E-state index is 12.7. The fourth-order valence-corrected chi connectivity index (χ4v) is 2.26. The summed E-state index contributed by atoms with van der Waals surface area (Å²) < 4.78 is 62.1. The Morgan fingerprint density at radius 1 is 1.17 bits per heavy atom. The first-order valence-electron chi connectivity index (χ1n) is 8.37. The van der Waals surface area contributed by atoms with E-state index in [4.69, 9.17) is 4.11 Å². The Hall–Kier alpha value is -2.57. The van der Waals surface area contributed by atoms with Crippen LogP contribution in [0.5, 0.6) is 0 Å². The van der Waals surface area contributed by atoms with E-state index < -0.39 is 24.8 Å². The lowest BCUT2D eigenvalue weighted by Gasteiger charge is -2.19. The van der Waals surface area contributed by atoms with Crippen LogP contribution in [0.2, 0.25) is 0 Å². The first-order valence-corrected chi connectivity index (χ1v) is 6.87. The molecule has 2 aromatic carbocycles. The van der Waals surface area contributed by atoms with E-state index in [9.17, 15) is 13.2 Å². The van der Waals surface area contributed by atoms with Gasteiger partial charge in [0, 0.05) is 9.80 Å². The number of fused-ring (bicyclic) bond motifs is 1. The van der Waals surface area contributed by atoms with Crippen LogP contribution >= 0.6 is 0 Å². The number of para-hydroxylation sites is 1. The molecule has 3 rings (SSSR count). The van der Waals surface area contributed by atoms with Gasteiger partial charge in [-0.05, 0) is 42.8 Å². The number of halogens is 3. The summed E-state index contributed by atoms with van der Waals surface area (Å²) in [5.74, 6) is 0. The average Bonchev–Trinajstić information content (AvgIpc) is 2.96. The third-order valence-electron chi connectivity index (χ3n) is 3.41. The van der Waals surface area contributed by atoms with E-state index in [0.29, 0.717) is 16.7 Å². The van der Waals surface area contributed by atoms with Gasteiger partial charge in [-0.15, -0.1) is 5.10 Å². The van der Waals surface area contributed by atoms with Gasteiger partial charge in [0.15, 0.2) is 0 Å². The predicted molar refractivity (Wildman–Crippen MR) is 81.9 cm³/mol. The van der Waals surface area contributed by atoms with Gasteiger partial charge in [0.25, 0.3) is 0 Å². The van der Waals surface area contributed by atoms with Crippen molar-refractivity contribution in [3.63, 3.8) is 0 Å². The lowest BCUT2D eigenvalue weighted by atomic mass is 10.2. The number of hydrogen-bond donors (Lipinski definition) is 1. The van der Waals surface area contributed by atoms with Crippen LogP contribution in [0.25, 0.3) is 11.0 Å². The molecule has 3 aromatic rings. The number of aromatic nitrogens is 3. The number of anilines is 1. The van der Waals surface area contributed by atoms with Crippen molar-refractivity contribution in [3.05, 3.63) is 54.1 Å². The maximum Gasteiger partial charge on any atom is 0.416 e. The minimum atomic E-state index is -4.43. The third-order valence-corrected chi connectivity index (χ3v) is 3.41. The van der Waals surface area contributed by atoms with Gasteiger partial charge in [0.1, 0.15) is 11.7 Å². The van der Waals surface area contributed by atoms with Crippen LogP contribution in [0.1, 0.15) is 29.1 Å². The molecule has 7 heteroatoms. The molecule has 120 valence electrons. The van der Waals surface area contributed by atoms with E-state index >= 15 is 0 Å². The molecular formula is C16H15F3N4. The molecule has 0 saturated carbocycles. The third kappa shape index (κ3) is 3.13. The van der Waals surface area contributed by atoms with Crippen molar-refractivity contribution in [2.75, 3.05) is 5.32 Å². The van der Waals surface area contributed by atoms with Gasteiger partial charge < -0.3 is 5.32 Å². The number of benzene rings is 2. The molecule has 1 aromatic heterocycles. The molecule has 0 aliphatic heterocycles. The maximum atomic E-state index is 12.7. The van der Waals surface area contributed by atoms with E-state index in [2.05, 4.69) is 15.6 Å². The summed E-state index contributed by atoms with van der Waals surface area (Å²) in [7, 11) is 0. The van der Waals surface area contributed by atoms with E-state index in [-0.39, 0.29) is 6.42 Å². The summed E-state index contributed by atoms with van der Waals surface area (Å²) in [4.78, 5) is 0.